The van der Waals surface area contributed by atoms with E-state index in [0.29, 0.717) is 0 Å². The Bertz CT molecular complexity index is 370. The summed E-state index contributed by atoms with van der Waals surface area (Å²) >= 11 is 10.0. The molecule has 1 rings (SSSR count). The van der Waals surface area contributed by atoms with Crippen LogP contribution >= 0.6 is 27.5 Å². The molecule has 0 aliphatic heterocycles. The summed E-state index contributed by atoms with van der Waals surface area (Å²) in [5, 5.41) is 6.43. The van der Waals surface area contributed by atoms with Gasteiger partial charge < -0.3 is 0 Å². The highest BCUT2D eigenvalue weighted by atomic mass is 79.9. The fourth-order valence-electron chi connectivity index (χ4n) is 1.86. The first-order chi connectivity index (χ1) is 8.01. The van der Waals surface area contributed by atoms with Gasteiger partial charge in [0.05, 0.1) is 16.4 Å². The highest BCUT2D eigenvalue weighted by Crippen LogP contribution is 2.33. The number of halogens is 2. The van der Waals surface area contributed by atoms with Gasteiger partial charge in [-0.05, 0) is 31.6 Å². The van der Waals surface area contributed by atoms with E-state index in [0.717, 1.165) is 41.9 Å². The third-order valence-electron chi connectivity index (χ3n) is 3.46. The second-order valence-corrected chi connectivity index (χ2v) is 5.79. The third kappa shape index (κ3) is 3.25. The second-order valence-electron chi connectivity index (χ2n) is 4.85. The van der Waals surface area contributed by atoms with Crippen LogP contribution in [0.15, 0.2) is 0 Å². The molecule has 0 aliphatic carbocycles. The van der Waals surface area contributed by atoms with Gasteiger partial charge in [-0.15, -0.1) is 0 Å². The number of aromatic nitrogens is 2. The van der Waals surface area contributed by atoms with E-state index in [2.05, 4.69) is 53.4 Å². The summed E-state index contributed by atoms with van der Waals surface area (Å²) in [6, 6.07) is 0. The molecule has 0 fully saturated rings. The summed E-state index contributed by atoms with van der Waals surface area (Å²) in [5.41, 5.74) is 2.47. The maximum Gasteiger partial charge on any atom is 0.0850 e. The first-order valence-corrected chi connectivity index (χ1v) is 7.81. The molecule has 0 aliphatic rings. The van der Waals surface area contributed by atoms with E-state index in [-0.39, 0.29) is 5.41 Å². The Morgan fingerprint density at radius 3 is 2.41 bits per heavy atom. The smallest absolute Gasteiger partial charge is 0.0850 e. The Hall–Kier alpha value is -0.0200. The largest absolute Gasteiger partial charge is 0.268 e. The van der Waals surface area contributed by atoms with Crippen molar-refractivity contribution in [2.45, 2.75) is 53.5 Å². The van der Waals surface area contributed by atoms with E-state index in [9.17, 15) is 0 Å². The van der Waals surface area contributed by atoms with E-state index in [1.165, 1.54) is 5.69 Å². The Labute approximate surface area is 118 Å². The van der Waals surface area contributed by atoms with Crippen LogP contribution in [0, 0.1) is 5.41 Å². The molecule has 1 atom stereocenters. The van der Waals surface area contributed by atoms with Gasteiger partial charge in [0, 0.05) is 11.9 Å². The number of alkyl halides is 1. The maximum atomic E-state index is 6.43. The minimum absolute atomic E-state index is 0.252. The van der Waals surface area contributed by atoms with Gasteiger partial charge in [-0.3, -0.25) is 4.68 Å². The van der Waals surface area contributed by atoms with Crippen molar-refractivity contribution in [3.05, 3.63) is 16.4 Å². The van der Waals surface area contributed by atoms with E-state index in [1.54, 1.807) is 0 Å². The van der Waals surface area contributed by atoms with Crippen molar-refractivity contribution >= 4 is 27.5 Å². The van der Waals surface area contributed by atoms with Crippen molar-refractivity contribution in [2.75, 3.05) is 5.33 Å². The van der Waals surface area contributed by atoms with Crippen LogP contribution in [0.2, 0.25) is 5.02 Å². The molecule has 17 heavy (non-hydrogen) atoms. The average molecular weight is 322 g/mol. The monoisotopic (exact) mass is 320 g/mol. The molecule has 98 valence electrons. The fourth-order valence-corrected chi connectivity index (χ4v) is 2.79. The molecule has 0 radical (unpaired) electrons. The zero-order valence-electron chi connectivity index (χ0n) is 11.2. The van der Waals surface area contributed by atoms with Crippen molar-refractivity contribution in [3.8, 4) is 0 Å². The highest BCUT2D eigenvalue weighted by Gasteiger charge is 2.26. The summed E-state index contributed by atoms with van der Waals surface area (Å²) in [6.07, 6.45) is 3.01. The van der Waals surface area contributed by atoms with Crippen molar-refractivity contribution in [3.63, 3.8) is 0 Å². The predicted molar refractivity (Wildman–Crippen MR) is 78.2 cm³/mol. The van der Waals surface area contributed by atoms with E-state index in [1.807, 2.05) is 0 Å². The maximum absolute atomic E-state index is 6.43. The van der Waals surface area contributed by atoms with Crippen LogP contribution in [0.5, 0.6) is 0 Å². The van der Waals surface area contributed by atoms with E-state index < -0.39 is 0 Å². The van der Waals surface area contributed by atoms with Gasteiger partial charge in [0.15, 0.2) is 0 Å². The van der Waals surface area contributed by atoms with E-state index >= 15 is 0 Å². The molecule has 1 unspecified atom stereocenters. The van der Waals surface area contributed by atoms with E-state index in [4.69, 9.17) is 11.6 Å². The molecule has 1 aromatic rings. The number of rotatable bonds is 6. The molecular formula is C13H22BrClN2. The molecule has 0 amide bonds. The third-order valence-corrected chi connectivity index (χ3v) is 5.25. The summed E-state index contributed by atoms with van der Waals surface area (Å²) < 4.78 is 2.05. The van der Waals surface area contributed by atoms with Crippen molar-refractivity contribution in [2.24, 2.45) is 5.41 Å². The minimum atomic E-state index is 0.252. The van der Waals surface area contributed by atoms with Crippen LogP contribution in [-0.2, 0) is 19.4 Å². The van der Waals surface area contributed by atoms with Crippen LogP contribution in [0.4, 0.5) is 0 Å². The lowest BCUT2D eigenvalue weighted by atomic mass is 9.85. The number of hydrogen-bond acceptors (Lipinski definition) is 1. The molecule has 0 saturated heterocycles. The number of aryl methyl sites for hydroxylation is 2. The molecule has 0 bridgehead atoms. The van der Waals surface area contributed by atoms with Gasteiger partial charge in [0.1, 0.15) is 0 Å². The second kappa shape index (κ2) is 6.24. The van der Waals surface area contributed by atoms with Crippen molar-refractivity contribution in [1.82, 2.24) is 9.78 Å². The summed E-state index contributed by atoms with van der Waals surface area (Å²) in [7, 11) is 0. The first kappa shape index (κ1) is 15.0. The number of nitrogens with zero attached hydrogens (tertiary/aromatic N) is 2. The summed E-state index contributed by atoms with van der Waals surface area (Å²) in [4.78, 5) is 0. The molecule has 2 nitrogen and oxygen atoms in total. The Morgan fingerprint density at radius 1 is 1.35 bits per heavy atom. The fraction of sp³-hybridized carbons (Fsp3) is 0.769. The Balaban J connectivity index is 3.08. The molecule has 0 N–H and O–H groups in total. The topological polar surface area (TPSA) is 17.8 Å². The normalized spacial score (nSPS) is 14.9. The van der Waals surface area contributed by atoms with Crippen molar-refractivity contribution in [1.29, 1.82) is 0 Å². The van der Waals surface area contributed by atoms with Gasteiger partial charge in [-0.25, -0.2) is 0 Å². The zero-order valence-corrected chi connectivity index (χ0v) is 13.5. The lowest BCUT2D eigenvalue weighted by Gasteiger charge is -2.26. The average Bonchev–Trinajstić information content (AvgIpc) is 2.66. The zero-order chi connectivity index (χ0) is 13.1. The summed E-state index contributed by atoms with van der Waals surface area (Å²) in [6.45, 7) is 9.61. The Morgan fingerprint density at radius 2 is 2.00 bits per heavy atom. The molecule has 4 heteroatoms. The van der Waals surface area contributed by atoms with Crippen LogP contribution in [0.1, 0.15) is 45.5 Å². The quantitative estimate of drug-likeness (QED) is 0.707. The van der Waals surface area contributed by atoms with Gasteiger partial charge in [-0.2, -0.15) is 5.10 Å². The standard InChI is InChI=1S/C13H22BrClN2/c1-5-10-12(15)11(17(7-3)16-10)8-13(4,6-2)9-14/h5-9H2,1-4H3. The molecule has 0 saturated carbocycles. The van der Waals surface area contributed by atoms with Gasteiger partial charge in [-0.1, -0.05) is 48.3 Å². The first-order valence-electron chi connectivity index (χ1n) is 6.31. The lowest BCUT2D eigenvalue weighted by Crippen LogP contribution is -2.22. The Kier molecular flexibility index (Phi) is 5.52. The van der Waals surface area contributed by atoms with Crippen molar-refractivity contribution < 1.29 is 0 Å². The SMILES string of the molecule is CCc1nn(CC)c(CC(C)(CC)CBr)c1Cl. The molecule has 0 aromatic carbocycles. The van der Waals surface area contributed by atoms with Crippen LogP contribution in [0.25, 0.3) is 0 Å². The van der Waals surface area contributed by atoms with Gasteiger partial charge in [0.25, 0.3) is 0 Å². The molecule has 1 aromatic heterocycles. The summed E-state index contributed by atoms with van der Waals surface area (Å²) in [5.74, 6) is 0. The van der Waals surface area contributed by atoms with Crippen LogP contribution < -0.4 is 0 Å². The van der Waals surface area contributed by atoms with Crippen LogP contribution in [0.3, 0.4) is 0 Å². The number of hydrogen-bond donors (Lipinski definition) is 0. The lowest BCUT2D eigenvalue weighted by molar-refractivity contribution is 0.349. The van der Waals surface area contributed by atoms with Gasteiger partial charge in [0.2, 0.25) is 0 Å². The molecule has 1 heterocycles. The minimum Gasteiger partial charge on any atom is -0.268 e. The predicted octanol–water partition coefficient (Wildman–Crippen LogP) is 4.47. The molecular weight excluding hydrogens is 300 g/mol. The van der Waals surface area contributed by atoms with Gasteiger partial charge >= 0.3 is 0 Å². The molecule has 0 spiro atoms. The highest BCUT2D eigenvalue weighted by molar-refractivity contribution is 9.09. The van der Waals surface area contributed by atoms with Crippen LogP contribution in [-0.4, -0.2) is 15.1 Å².